The molecule has 0 aliphatic heterocycles. The van der Waals surface area contributed by atoms with Gasteiger partial charge in [0.25, 0.3) is 5.91 Å². The Morgan fingerprint density at radius 3 is 2.46 bits per heavy atom. The molecule has 0 aliphatic carbocycles. The van der Waals surface area contributed by atoms with E-state index < -0.39 is 17.6 Å². The van der Waals surface area contributed by atoms with Gasteiger partial charge in [0.05, 0.1) is 21.3 Å². The number of carbonyl (C=O) groups is 2. The monoisotopic (exact) mass is 416 g/mol. The molecule has 2 amide bonds. The Morgan fingerprint density at radius 2 is 1.81 bits per heavy atom. The third-order valence-corrected chi connectivity index (χ3v) is 4.36. The second-order valence-electron chi connectivity index (χ2n) is 5.52. The largest absolute Gasteiger partial charge is 0.329 e. The summed E-state index contributed by atoms with van der Waals surface area (Å²) in [7, 11) is 0. The first kappa shape index (κ1) is 20.5. The van der Waals surface area contributed by atoms with Gasteiger partial charge < -0.3 is 10.2 Å². The van der Waals surface area contributed by atoms with Gasteiger partial charge in [0.2, 0.25) is 5.91 Å². The Labute approximate surface area is 165 Å². The Hall–Kier alpha value is -1.82. The van der Waals surface area contributed by atoms with Crippen molar-refractivity contribution in [1.29, 1.82) is 0 Å². The molecule has 0 heterocycles. The van der Waals surface area contributed by atoms with Crippen molar-refractivity contribution in [2.45, 2.75) is 13.3 Å². The second kappa shape index (κ2) is 9.21. The standard InChI is InChI=1S/C18H16Cl3FN2O2/c1-2-7-24(18(26)13-5-4-12(22)9-15(13)21)10-17(25)23-16-8-11(19)3-6-14(16)20/h3-6,8-9H,2,7,10H2,1H3,(H,23,25). The minimum absolute atomic E-state index is 0.00519. The molecule has 2 rings (SSSR count). The first-order chi connectivity index (χ1) is 12.3. The van der Waals surface area contributed by atoms with Crippen molar-refractivity contribution in [2.75, 3.05) is 18.4 Å². The van der Waals surface area contributed by atoms with Crippen molar-refractivity contribution in [2.24, 2.45) is 0 Å². The van der Waals surface area contributed by atoms with E-state index in [1.165, 1.54) is 17.0 Å². The van der Waals surface area contributed by atoms with Crippen LogP contribution in [0.5, 0.6) is 0 Å². The molecule has 0 unspecified atom stereocenters. The fourth-order valence-corrected chi connectivity index (χ4v) is 2.90. The Balaban J connectivity index is 2.15. The smallest absolute Gasteiger partial charge is 0.255 e. The van der Waals surface area contributed by atoms with Crippen LogP contribution in [0.15, 0.2) is 36.4 Å². The number of carbonyl (C=O) groups excluding carboxylic acids is 2. The van der Waals surface area contributed by atoms with Gasteiger partial charge in [-0.15, -0.1) is 0 Å². The van der Waals surface area contributed by atoms with E-state index >= 15 is 0 Å². The Kier molecular flexibility index (Phi) is 7.26. The molecule has 0 bridgehead atoms. The maximum Gasteiger partial charge on any atom is 0.255 e. The zero-order chi connectivity index (χ0) is 19.3. The molecule has 1 N–H and O–H groups in total. The number of halogens is 4. The molecule has 0 aliphatic rings. The SMILES string of the molecule is CCCN(CC(=O)Nc1cc(Cl)ccc1Cl)C(=O)c1ccc(F)cc1Cl. The topological polar surface area (TPSA) is 49.4 Å². The van der Waals surface area contributed by atoms with Crippen LogP contribution in [0, 0.1) is 5.82 Å². The highest BCUT2D eigenvalue weighted by Crippen LogP contribution is 2.25. The van der Waals surface area contributed by atoms with Gasteiger partial charge >= 0.3 is 0 Å². The van der Waals surface area contributed by atoms with E-state index in [1.54, 1.807) is 12.1 Å². The molecule has 0 saturated carbocycles. The molecule has 0 aromatic heterocycles. The number of rotatable bonds is 6. The quantitative estimate of drug-likeness (QED) is 0.695. The van der Waals surface area contributed by atoms with Crippen LogP contribution in [-0.2, 0) is 4.79 Å². The molecule has 26 heavy (non-hydrogen) atoms. The highest BCUT2D eigenvalue weighted by molar-refractivity contribution is 6.36. The van der Waals surface area contributed by atoms with Gasteiger partial charge in [0, 0.05) is 11.6 Å². The van der Waals surface area contributed by atoms with Gasteiger partial charge in [0.15, 0.2) is 0 Å². The summed E-state index contributed by atoms with van der Waals surface area (Å²) in [5.41, 5.74) is 0.489. The number of anilines is 1. The van der Waals surface area contributed by atoms with Crippen LogP contribution in [0.25, 0.3) is 0 Å². The molecule has 0 spiro atoms. The summed E-state index contributed by atoms with van der Waals surface area (Å²) >= 11 is 17.9. The molecule has 2 aromatic carbocycles. The molecular weight excluding hydrogens is 402 g/mol. The zero-order valence-electron chi connectivity index (χ0n) is 13.9. The third-order valence-electron chi connectivity index (χ3n) is 3.48. The summed E-state index contributed by atoms with van der Waals surface area (Å²) < 4.78 is 13.2. The van der Waals surface area contributed by atoms with Gasteiger partial charge in [-0.2, -0.15) is 0 Å². The molecule has 138 valence electrons. The van der Waals surface area contributed by atoms with Crippen LogP contribution in [0.2, 0.25) is 15.1 Å². The van der Waals surface area contributed by atoms with Crippen molar-refractivity contribution in [1.82, 2.24) is 4.90 Å². The van der Waals surface area contributed by atoms with E-state index in [1.807, 2.05) is 6.92 Å². The number of amides is 2. The average Bonchev–Trinajstić information content (AvgIpc) is 2.57. The molecule has 0 saturated heterocycles. The minimum atomic E-state index is -0.540. The van der Waals surface area contributed by atoms with E-state index in [4.69, 9.17) is 34.8 Å². The number of nitrogens with one attached hydrogen (secondary N) is 1. The van der Waals surface area contributed by atoms with Crippen molar-refractivity contribution in [3.8, 4) is 0 Å². The molecule has 0 fully saturated rings. The van der Waals surface area contributed by atoms with Crippen molar-refractivity contribution in [3.05, 3.63) is 62.8 Å². The fraction of sp³-hybridized carbons (Fsp3) is 0.222. The van der Waals surface area contributed by atoms with E-state index in [0.717, 1.165) is 12.1 Å². The Bertz CT molecular complexity index is 830. The van der Waals surface area contributed by atoms with Crippen LogP contribution in [-0.4, -0.2) is 29.8 Å². The van der Waals surface area contributed by atoms with Crippen molar-refractivity contribution < 1.29 is 14.0 Å². The van der Waals surface area contributed by atoms with Gasteiger partial charge in [-0.25, -0.2) is 4.39 Å². The maximum absolute atomic E-state index is 13.2. The molecule has 4 nitrogen and oxygen atoms in total. The second-order valence-corrected chi connectivity index (χ2v) is 6.77. The average molecular weight is 418 g/mol. The van der Waals surface area contributed by atoms with Gasteiger partial charge in [-0.05, 0) is 42.8 Å². The van der Waals surface area contributed by atoms with Crippen molar-refractivity contribution in [3.63, 3.8) is 0 Å². The van der Waals surface area contributed by atoms with E-state index in [2.05, 4.69) is 5.32 Å². The lowest BCUT2D eigenvalue weighted by Crippen LogP contribution is -2.38. The van der Waals surface area contributed by atoms with Crippen LogP contribution in [0.4, 0.5) is 10.1 Å². The van der Waals surface area contributed by atoms with E-state index in [0.29, 0.717) is 28.7 Å². The highest BCUT2D eigenvalue weighted by atomic mass is 35.5. The zero-order valence-corrected chi connectivity index (χ0v) is 16.1. The first-order valence-corrected chi connectivity index (χ1v) is 8.94. The molecular formula is C18H16Cl3FN2O2. The lowest BCUT2D eigenvalue weighted by Gasteiger charge is -2.22. The summed E-state index contributed by atoms with van der Waals surface area (Å²) in [6.45, 7) is 2.00. The molecule has 0 atom stereocenters. The summed E-state index contributed by atoms with van der Waals surface area (Å²) in [5, 5.41) is 3.37. The normalized spacial score (nSPS) is 10.5. The third kappa shape index (κ3) is 5.34. The number of benzene rings is 2. The maximum atomic E-state index is 13.2. The van der Waals surface area contributed by atoms with E-state index in [-0.39, 0.29) is 17.1 Å². The molecule has 2 aromatic rings. The molecule has 8 heteroatoms. The number of nitrogens with zero attached hydrogens (tertiary/aromatic N) is 1. The Morgan fingerprint density at radius 1 is 1.08 bits per heavy atom. The van der Waals surface area contributed by atoms with E-state index in [9.17, 15) is 14.0 Å². The highest BCUT2D eigenvalue weighted by Gasteiger charge is 2.21. The van der Waals surface area contributed by atoms with Crippen molar-refractivity contribution >= 4 is 52.3 Å². The summed E-state index contributed by atoms with van der Waals surface area (Å²) in [6.07, 6.45) is 0.635. The predicted molar refractivity (Wildman–Crippen MR) is 103 cm³/mol. The number of hydrogen-bond acceptors (Lipinski definition) is 2. The van der Waals surface area contributed by atoms with Gasteiger partial charge in [0.1, 0.15) is 12.4 Å². The first-order valence-electron chi connectivity index (χ1n) is 7.81. The van der Waals surface area contributed by atoms with Crippen LogP contribution >= 0.6 is 34.8 Å². The summed E-state index contributed by atoms with van der Waals surface area (Å²) in [6, 6.07) is 8.19. The van der Waals surface area contributed by atoms with Crippen LogP contribution < -0.4 is 5.32 Å². The fourth-order valence-electron chi connectivity index (χ4n) is 2.31. The number of hydrogen-bond donors (Lipinski definition) is 1. The van der Waals surface area contributed by atoms with Crippen LogP contribution in [0.3, 0.4) is 0 Å². The van der Waals surface area contributed by atoms with Crippen LogP contribution in [0.1, 0.15) is 23.7 Å². The minimum Gasteiger partial charge on any atom is -0.329 e. The predicted octanol–water partition coefficient (Wildman–Crippen LogP) is 5.28. The summed E-state index contributed by atoms with van der Waals surface area (Å²) in [4.78, 5) is 26.3. The lowest BCUT2D eigenvalue weighted by molar-refractivity contribution is -0.116. The molecule has 0 radical (unpaired) electrons. The lowest BCUT2D eigenvalue weighted by atomic mass is 10.2. The van der Waals surface area contributed by atoms with Gasteiger partial charge in [-0.1, -0.05) is 41.7 Å². The summed E-state index contributed by atoms with van der Waals surface area (Å²) in [5.74, 6) is -1.43. The van der Waals surface area contributed by atoms with Gasteiger partial charge in [-0.3, -0.25) is 9.59 Å².